The summed E-state index contributed by atoms with van der Waals surface area (Å²) in [4.78, 5) is 0. The molecule has 14 heavy (non-hydrogen) atoms. The van der Waals surface area contributed by atoms with Crippen molar-refractivity contribution >= 4 is 0 Å². The molecule has 0 bridgehead atoms. The fourth-order valence-corrected chi connectivity index (χ4v) is 1.30. The van der Waals surface area contributed by atoms with E-state index in [4.69, 9.17) is 9.47 Å². The average molecular weight is 190 g/mol. The molecule has 2 nitrogen and oxygen atoms in total. The molecule has 0 saturated carbocycles. The summed E-state index contributed by atoms with van der Waals surface area (Å²) in [5.41, 5.74) is 1.13. The average Bonchev–Trinajstić information content (AvgIpc) is 2.97. The monoisotopic (exact) mass is 190 g/mol. The van der Waals surface area contributed by atoms with Gasteiger partial charge in [-0.25, -0.2) is 0 Å². The van der Waals surface area contributed by atoms with Gasteiger partial charge in [0.05, 0.1) is 6.26 Å². The first-order valence-electron chi connectivity index (χ1n) is 4.98. The first-order chi connectivity index (χ1) is 6.92. The molecule has 2 rings (SSSR count). The van der Waals surface area contributed by atoms with Crippen LogP contribution in [0.25, 0.3) is 0 Å². The Morgan fingerprint density at radius 2 is 2.36 bits per heavy atom. The van der Waals surface area contributed by atoms with Gasteiger partial charge in [0.25, 0.3) is 0 Å². The van der Waals surface area contributed by atoms with E-state index in [9.17, 15) is 0 Å². The largest absolute Gasteiger partial charge is 0.497 e. The number of para-hydroxylation sites is 1. The van der Waals surface area contributed by atoms with Crippen LogP contribution < -0.4 is 4.74 Å². The minimum absolute atomic E-state index is 0.601. The molecule has 1 aromatic carbocycles. The molecule has 0 fully saturated rings. The third-order valence-corrected chi connectivity index (χ3v) is 2.12. The van der Waals surface area contributed by atoms with Crippen molar-refractivity contribution < 1.29 is 9.47 Å². The number of rotatable bonds is 5. The molecule has 0 saturated heterocycles. The highest BCUT2D eigenvalue weighted by molar-refractivity contribution is 5.58. The van der Waals surface area contributed by atoms with Gasteiger partial charge in [0.15, 0.2) is 11.5 Å². The third-order valence-electron chi connectivity index (χ3n) is 2.12. The van der Waals surface area contributed by atoms with Gasteiger partial charge in [-0.05, 0) is 18.6 Å². The fraction of sp³-hybridized carbons (Fsp3) is 0.333. The van der Waals surface area contributed by atoms with Crippen LogP contribution in [0.2, 0.25) is 0 Å². The number of ether oxygens (including phenoxy) is 2. The first kappa shape index (κ1) is 9.13. The zero-order chi connectivity index (χ0) is 9.80. The Bertz CT molecular complexity index is 342. The molecular formula is C12H14O2. The lowest BCUT2D eigenvalue weighted by Crippen LogP contribution is -1.83. The van der Waals surface area contributed by atoms with E-state index < -0.39 is 0 Å². The number of hydrogen-bond acceptors (Lipinski definition) is 2. The molecule has 0 amide bonds. The minimum Gasteiger partial charge on any atom is -0.497 e. The van der Waals surface area contributed by atoms with E-state index in [1.807, 2.05) is 24.3 Å². The second-order valence-corrected chi connectivity index (χ2v) is 3.32. The zero-order valence-electron chi connectivity index (χ0n) is 8.32. The third kappa shape index (κ3) is 2.08. The quantitative estimate of drug-likeness (QED) is 0.530. The van der Waals surface area contributed by atoms with Gasteiger partial charge in [0, 0.05) is 5.56 Å². The molecule has 0 radical (unpaired) electrons. The van der Waals surface area contributed by atoms with Crippen molar-refractivity contribution in [1.82, 2.24) is 0 Å². The van der Waals surface area contributed by atoms with Crippen LogP contribution in [0, 0.1) is 0 Å². The Balaban J connectivity index is 1.80. The molecular weight excluding hydrogens is 176 g/mol. The molecule has 74 valence electrons. The second-order valence-electron chi connectivity index (χ2n) is 3.32. The summed E-state index contributed by atoms with van der Waals surface area (Å²) in [5, 5.41) is 0. The van der Waals surface area contributed by atoms with Gasteiger partial charge >= 0.3 is 0 Å². The highest BCUT2D eigenvalue weighted by Crippen LogP contribution is 2.47. The predicted molar refractivity (Wildman–Crippen MR) is 55.4 cm³/mol. The smallest absolute Gasteiger partial charge is 0.176 e. The lowest BCUT2D eigenvalue weighted by molar-refractivity contribution is 0.234. The molecule has 1 heterocycles. The predicted octanol–water partition coefficient (Wildman–Crippen LogP) is 3.62. The van der Waals surface area contributed by atoms with Crippen molar-refractivity contribution in [3.63, 3.8) is 0 Å². The summed E-state index contributed by atoms with van der Waals surface area (Å²) in [6, 6.07) is 5.98. The van der Waals surface area contributed by atoms with E-state index in [1.54, 1.807) is 6.26 Å². The van der Waals surface area contributed by atoms with Crippen molar-refractivity contribution in [2.75, 3.05) is 0 Å². The summed E-state index contributed by atoms with van der Waals surface area (Å²) in [5.74, 6) is 1.99. The Morgan fingerprint density at radius 3 is 3.21 bits per heavy atom. The zero-order valence-corrected chi connectivity index (χ0v) is 8.32. The Labute approximate surface area is 84.2 Å². The number of unbranched alkanes of at least 4 members (excludes halogenated alkanes) is 1. The number of allylic oxidation sites excluding steroid dienone is 1. The van der Waals surface area contributed by atoms with Gasteiger partial charge in [0.2, 0.25) is 0 Å². The number of fused-ring (bicyclic) bond motifs is 1. The lowest BCUT2D eigenvalue weighted by Gasteiger charge is -1.97. The molecule has 0 N–H and O–H groups in total. The highest BCUT2D eigenvalue weighted by Gasteiger charge is 2.23. The van der Waals surface area contributed by atoms with Crippen molar-refractivity contribution in [3.05, 3.63) is 36.1 Å². The van der Waals surface area contributed by atoms with Crippen molar-refractivity contribution in [2.24, 2.45) is 0 Å². The van der Waals surface area contributed by atoms with Gasteiger partial charge in [-0.2, -0.15) is 0 Å². The fourth-order valence-electron chi connectivity index (χ4n) is 1.30. The Hall–Kier alpha value is -1.44. The molecule has 0 spiro atoms. The summed E-state index contributed by atoms with van der Waals surface area (Å²) in [6.45, 7) is 2.75. The van der Waals surface area contributed by atoms with Gasteiger partial charge in [0.1, 0.15) is 6.61 Å². The Kier molecular flexibility index (Phi) is 2.73. The maximum absolute atomic E-state index is 5.38. The number of hydrogen-bond donors (Lipinski definition) is 0. The van der Waals surface area contributed by atoms with E-state index in [-0.39, 0.29) is 0 Å². The maximum atomic E-state index is 5.38. The molecule has 1 aliphatic rings. The van der Waals surface area contributed by atoms with Crippen molar-refractivity contribution in [3.8, 4) is 11.5 Å². The van der Waals surface area contributed by atoms with Gasteiger partial charge < -0.3 is 9.47 Å². The SMILES string of the molecule is CCCC=COCc1cccc2c1O2. The van der Waals surface area contributed by atoms with E-state index in [0.29, 0.717) is 6.61 Å². The van der Waals surface area contributed by atoms with Crippen molar-refractivity contribution in [2.45, 2.75) is 26.4 Å². The molecule has 0 unspecified atom stereocenters. The van der Waals surface area contributed by atoms with E-state index in [2.05, 4.69) is 6.92 Å². The maximum Gasteiger partial charge on any atom is 0.176 e. The molecule has 0 aliphatic carbocycles. The molecule has 1 aliphatic heterocycles. The van der Waals surface area contributed by atoms with Crippen LogP contribution in [0.15, 0.2) is 30.5 Å². The van der Waals surface area contributed by atoms with Crippen LogP contribution in [-0.2, 0) is 11.3 Å². The summed E-state index contributed by atoms with van der Waals surface area (Å²) < 4.78 is 10.6. The van der Waals surface area contributed by atoms with Crippen molar-refractivity contribution in [1.29, 1.82) is 0 Å². The van der Waals surface area contributed by atoms with Crippen LogP contribution >= 0.6 is 0 Å². The van der Waals surface area contributed by atoms with E-state index in [1.165, 1.54) is 0 Å². The van der Waals surface area contributed by atoms with Gasteiger partial charge in [-0.1, -0.05) is 25.5 Å². The van der Waals surface area contributed by atoms with Gasteiger partial charge in [-0.3, -0.25) is 0 Å². The second kappa shape index (κ2) is 4.18. The first-order valence-corrected chi connectivity index (χ1v) is 4.98. The molecule has 1 aromatic rings. The van der Waals surface area contributed by atoms with Gasteiger partial charge in [-0.15, -0.1) is 0 Å². The van der Waals surface area contributed by atoms with Crippen LogP contribution in [0.3, 0.4) is 0 Å². The standard InChI is InChI=1S/C12H14O2/c1-2-3-4-8-13-9-10-6-5-7-11-12(10)14-11/h4-8H,2-3,9H2,1H3. The summed E-state index contributed by atoms with van der Waals surface area (Å²) in [6.07, 6.45) is 6.04. The summed E-state index contributed by atoms with van der Waals surface area (Å²) >= 11 is 0. The molecule has 0 aromatic heterocycles. The normalized spacial score (nSPS) is 12.4. The Morgan fingerprint density at radius 1 is 1.43 bits per heavy atom. The van der Waals surface area contributed by atoms with E-state index >= 15 is 0 Å². The number of benzene rings is 1. The van der Waals surface area contributed by atoms with Crippen LogP contribution in [0.4, 0.5) is 0 Å². The summed E-state index contributed by atoms with van der Waals surface area (Å²) in [7, 11) is 0. The van der Waals surface area contributed by atoms with E-state index in [0.717, 1.165) is 29.9 Å². The topological polar surface area (TPSA) is 21.8 Å². The van der Waals surface area contributed by atoms with Crippen LogP contribution in [0.5, 0.6) is 11.5 Å². The molecule has 2 heteroatoms. The van der Waals surface area contributed by atoms with Crippen LogP contribution in [0.1, 0.15) is 25.3 Å². The highest BCUT2D eigenvalue weighted by atomic mass is 16.6. The lowest BCUT2D eigenvalue weighted by atomic mass is 10.2. The van der Waals surface area contributed by atoms with Crippen LogP contribution in [-0.4, -0.2) is 0 Å². The minimum atomic E-state index is 0.601. The molecule has 0 atom stereocenters.